The first kappa shape index (κ1) is 25.5. The van der Waals surface area contributed by atoms with Crippen LogP contribution in [0.1, 0.15) is 44.9 Å². The van der Waals surface area contributed by atoms with Crippen LogP contribution in [-0.2, 0) is 9.53 Å². The molecule has 0 aliphatic carbocycles. The van der Waals surface area contributed by atoms with E-state index in [0.717, 1.165) is 16.5 Å². The summed E-state index contributed by atoms with van der Waals surface area (Å²) in [6, 6.07) is 12.6. The highest BCUT2D eigenvalue weighted by atomic mass is 32.1. The number of aromatic amines is 1. The van der Waals surface area contributed by atoms with E-state index < -0.39 is 12.0 Å². The van der Waals surface area contributed by atoms with Gasteiger partial charge >= 0.3 is 5.97 Å². The summed E-state index contributed by atoms with van der Waals surface area (Å²) in [6.07, 6.45) is 3.70. The summed E-state index contributed by atoms with van der Waals surface area (Å²) in [5.74, 6) is 0.581. The van der Waals surface area contributed by atoms with Crippen molar-refractivity contribution < 1.29 is 19.0 Å². The summed E-state index contributed by atoms with van der Waals surface area (Å²) in [5, 5.41) is 1.02. The Hall–Kier alpha value is -4.11. The topological polar surface area (TPSA) is 94.9 Å². The number of thiazole rings is 1. The zero-order valence-electron chi connectivity index (χ0n) is 21.9. The van der Waals surface area contributed by atoms with Crippen LogP contribution in [-0.4, -0.2) is 35.3 Å². The zero-order chi connectivity index (χ0) is 27.0. The first-order valence-corrected chi connectivity index (χ1v) is 13.2. The first-order chi connectivity index (χ1) is 18.3. The lowest BCUT2D eigenvalue weighted by Crippen LogP contribution is -2.40. The summed E-state index contributed by atoms with van der Waals surface area (Å²) in [6.45, 7) is 7.59. The molecule has 0 unspecified atom stereocenters. The third-order valence-electron chi connectivity index (χ3n) is 6.29. The number of H-pyrrole nitrogens is 1. The first-order valence-electron chi connectivity index (χ1n) is 12.4. The van der Waals surface area contributed by atoms with Crippen molar-refractivity contribution in [3.63, 3.8) is 0 Å². The quantitative estimate of drug-likeness (QED) is 0.363. The fraction of sp³-hybridized carbons (Fsp3) is 0.276. The van der Waals surface area contributed by atoms with Crippen LogP contribution in [0.3, 0.4) is 0 Å². The normalized spacial score (nSPS) is 15.5. The van der Waals surface area contributed by atoms with Crippen molar-refractivity contribution in [1.82, 2.24) is 9.55 Å². The number of methoxy groups -OCH3 is 1. The van der Waals surface area contributed by atoms with Crippen LogP contribution in [0.5, 0.6) is 11.5 Å². The molecule has 1 atom stereocenters. The van der Waals surface area contributed by atoms with Crippen LogP contribution < -0.4 is 24.4 Å². The number of nitrogens with zero attached hydrogens (tertiary/aromatic N) is 2. The van der Waals surface area contributed by atoms with Crippen molar-refractivity contribution in [2.24, 2.45) is 4.99 Å². The zero-order valence-corrected chi connectivity index (χ0v) is 22.7. The molecule has 4 aromatic rings. The van der Waals surface area contributed by atoms with E-state index in [4.69, 9.17) is 14.2 Å². The number of fused-ring (bicyclic) bond motifs is 2. The van der Waals surface area contributed by atoms with Crippen molar-refractivity contribution in [3.8, 4) is 11.5 Å². The minimum absolute atomic E-state index is 0.0471. The van der Waals surface area contributed by atoms with Gasteiger partial charge in [0.2, 0.25) is 0 Å². The molecule has 9 heteroatoms. The molecule has 5 rings (SSSR count). The number of esters is 1. The second-order valence-electron chi connectivity index (χ2n) is 9.17. The molecular formula is C29H29N3O5S. The maximum Gasteiger partial charge on any atom is 0.338 e. The van der Waals surface area contributed by atoms with Gasteiger partial charge in [0.1, 0.15) is 0 Å². The predicted octanol–water partition coefficient (Wildman–Crippen LogP) is 4.08. The molecule has 0 fully saturated rings. The standard InChI is InChI=1S/C29H29N3O5S/c1-6-36-28(34)25-17(4)31-29-32(26(25)18-11-12-22(37-16(2)3)23(13-18)35-5)27(33)24(38-29)14-19-15-30-21-10-8-7-9-20(19)21/h7-16,26,30H,6H2,1-5H3/b24-14-/t26-/m1/s1. The van der Waals surface area contributed by atoms with Gasteiger partial charge in [-0.1, -0.05) is 35.6 Å². The molecule has 38 heavy (non-hydrogen) atoms. The van der Waals surface area contributed by atoms with Crippen molar-refractivity contribution in [2.45, 2.75) is 39.8 Å². The predicted molar refractivity (Wildman–Crippen MR) is 147 cm³/mol. The van der Waals surface area contributed by atoms with Crippen LogP contribution in [0.2, 0.25) is 0 Å². The van der Waals surface area contributed by atoms with E-state index in [1.54, 1.807) is 37.7 Å². The number of hydrogen-bond acceptors (Lipinski definition) is 7. The number of rotatable bonds is 7. The molecular weight excluding hydrogens is 502 g/mol. The lowest BCUT2D eigenvalue weighted by Gasteiger charge is -2.25. The van der Waals surface area contributed by atoms with Crippen molar-refractivity contribution >= 4 is 34.3 Å². The number of carbonyl (C=O) groups is 1. The van der Waals surface area contributed by atoms with Crippen LogP contribution >= 0.6 is 11.3 Å². The van der Waals surface area contributed by atoms with Gasteiger partial charge in [0.15, 0.2) is 16.3 Å². The molecule has 0 bridgehead atoms. The smallest absolute Gasteiger partial charge is 0.338 e. The molecule has 1 aliphatic rings. The Bertz CT molecular complexity index is 1740. The third kappa shape index (κ3) is 4.54. The molecule has 1 aliphatic heterocycles. The Labute approximate surface area is 223 Å². The van der Waals surface area contributed by atoms with Crippen molar-refractivity contribution in [3.05, 3.63) is 90.7 Å². The largest absolute Gasteiger partial charge is 0.493 e. The second kappa shape index (κ2) is 10.3. The van der Waals surface area contributed by atoms with E-state index in [-0.39, 0.29) is 18.3 Å². The van der Waals surface area contributed by atoms with Gasteiger partial charge in [0, 0.05) is 22.7 Å². The molecule has 0 amide bonds. The van der Waals surface area contributed by atoms with E-state index >= 15 is 0 Å². The fourth-order valence-corrected chi connectivity index (χ4v) is 5.70. The highest BCUT2D eigenvalue weighted by Crippen LogP contribution is 2.36. The number of carbonyl (C=O) groups excluding carboxylic acids is 1. The van der Waals surface area contributed by atoms with E-state index in [9.17, 15) is 9.59 Å². The lowest BCUT2D eigenvalue weighted by atomic mass is 9.95. The van der Waals surface area contributed by atoms with Gasteiger partial charge in [-0.05, 0) is 57.5 Å². The van der Waals surface area contributed by atoms with E-state index in [2.05, 4.69) is 9.98 Å². The summed E-state index contributed by atoms with van der Waals surface area (Å²) in [5.41, 5.74) is 3.17. The molecule has 1 N–H and O–H groups in total. The van der Waals surface area contributed by atoms with Crippen LogP contribution in [0, 0.1) is 0 Å². The van der Waals surface area contributed by atoms with Gasteiger partial charge < -0.3 is 19.2 Å². The van der Waals surface area contributed by atoms with Gasteiger partial charge in [0.05, 0.1) is 41.7 Å². The molecule has 2 aromatic carbocycles. The van der Waals surface area contributed by atoms with Gasteiger partial charge in [0.25, 0.3) is 5.56 Å². The average molecular weight is 532 g/mol. The van der Waals surface area contributed by atoms with Gasteiger partial charge in [-0.25, -0.2) is 9.79 Å². The summed E-state index contributed by atoms with van der Waals surface area (Å²) < 4.78 is 19.0. The van der Waals surface area contributed by atoms with Gasteiger partial charge in [-0.2, -0.15) is 0 Å². The Morgan fingerprint density at radius 2 is 2.00 bits per heavy atom. The summed E-state index contributed by atoms with van der Waals surface area (Å²) >= 11 is 1.29. The van der Waals surface area contributed by atoms with Crippen LogP contribution in [0.25, 0.3) is 17.0 Å². The number of nitrogens with one attached hydrogen (secondary N) is 1. The van der Waals surface area contributed by atoms with Crippen molar-refractivity contribution in [1.29, 1.82) is 0 Å². The fourth-order valence-electron chi connectivity index (χ4n) is 4.67. The number of aromatic nitrogens is 2. The molecule has 0 spiro atoms. The number of benzene rings is 2. The van der Waals surface area contributed by atoms with E-state index in [0.29, 0.717) is 37.7 Å². The van der Waals surface area contributed by atoms with Crippen LogP contribution in [0.15, 0.2) is 69.7 Å². The van der Waals surface area contributed by atoms with Gasteiger partial charge in [-0.15, -0.1) is 0 Å². The maximum atomic E-state index is 13.9. The monoisotopic (exact) mass is 531 g/mol. The third-order valence-corrected chi connectivity index (χ3v) is 7.27. The molecule has 196 valence electrons. The SMILES string of the molecule is CCOC(=O)C1=C(C)N=c2s/c(=C\c3c[nH]c4ccccc34)c(=O)n2[C@@H]1c1ccc(OC(C)C)c(OC)c1. The summed E-state index contributed by atoms with van der Waals surface area (Å²) in [7, 11) is 1.56. The average Bonchev–Trinajstić information content (AvgIpc) is 3.44. The Morgan fingerprint density at radius 1 is 1.21 bits per heavy atom. The Kier molecular flexibility index (Phi) is 6.94. The number of para-hydroxylation sites is 1. The van der Waals surface area contributed by atoms with E-state index in [1.807, 2.05) is 56.5 Å². The summed E-state index contributed by atoms with van der Waals surface area (Å²) in [4.78, 5) is 35.5. The minimum Gasteiger partial charge on any atom is -0.493 e. The number of ether oxygens (including phenoxy) is 3. The molecule has 3 heterocycles. The van der Waals surface area contributed by atoms with Gasteiger partial charge in [-0.3, -0.25) is 9.36 Å². The maximum absolute atomic E-state index is 13.9. The lowest BCUT2D eigenvalue weighted by molar-refractivity contribution is -0.139. The minimum atomic E-state index is -0.739. The highest BCUT2D eigenvalue weighted by molar-refractivity contribution is 7.07. The van der Waals surface area contributed by atoms with E-state index in [1.165, 1.54) is 11.3 Å². The second-order valence-corrected chi connectivity index (χ2v) is 10.2. The number of allylic oxidation sites excluding steroid dienone is 1. The Morgan fingerprint density at radius 3 is 2.74 bits per heavy atom. The molecule has 0 saturated heterocycles. The molecule has 0 saturated carbocycles. The molecule has 2 aromatic heterocycles. The highest BCUT2D eigenvalue weighted by Gasteiger charge is 2.34. The molecule has 0 radical (unpaired) electrons. The molecule has 8 nitrogen and oxygen atoms in total. The number of hydrogen-bond donors (Lipinski definition) is 1. The van der Waals surface area contributed by atoms with Crippen molar-refractivity contribution in [2.75, 3.05) is 13.7 Å². The Balaban J connectivity index is 1.72. The van der Waals surface area contributed by atoms with Crippen LogP contribution in [0.4, 0.5) is 0 Å².